The highest BCUT2D eigenvalue weighted by atomic mass is 16.1. The SMILES string of the molecule is Cc1nc(N(C)CCNC(C)C)cc2n[nH]c(=O)n12. The molecule has 2 aromatic rings. The van der Waals surface area contributed by atoms with E-state index in [9.17, 15) is 4.79 Å². The summed E-state index contributed by atoms with van der Waals surface area (Å²) in [6.45, 7) is 7.76. The molecule has 2 heterocycles. The van der Waals surface area contributed by atoms with Gasteiger partial charge >= 0.3 is 5.69 Å². The largest absolute Gasteiger partial charge is 0.358 e. The minimum Gasteiger partial charge on any atom is -0.358 e. The van der Waals surface area contributed by atoms with E-state index in [1.54, 1.807) is 13.0 Å². The summed E-state index contributed by atoms with van der Waals surface area (Å²) in [6.07, 6.45) is 0. The molecule has 0 amide bonds. The predicted octanol–water partition coefficient (Wildman–Crippen LogP) is 0.160. The summed E-state index contributed by atoms with van der Waals surface area (Å²) in [4.78, 5) is 18.0. The molecular formula is C12H20N6O. The Morgan fingerprint density at radius 1 is 1.53 bits per heavy atom. The van der Waals surface area contributed by atoms with Gasteiger partial charge in [0.2, 0.25) is 0 Å². The molecule has 0 aliphatic carbocycles. The molecule has 0 fully saturated rings. The predicted molar refractivity (Wildman–Crippen MR) is 74.8 cm³/mol. The van der Waals surface area contributed by atoms with Crippen molar-refractivity contribution in [1.29, 1.82) is 0 Å². The van der Waals surface area contributed by atoms with Gasteiger partial charge in [-0.3, -0.25) is 0 Å². The Morgan fingerprint density at radius 2 is 2.26 bits per heavy atom. The second kappa shape index (κ2) is 5.40. The molecule has 0 aliphatic heterocycles. The van der Waals surface area contributed by atoms with Gasteiger partial charge in [-0.25, -0.2) is 19.3 Å². The number of aromatic amines is 1. The van der Waals surface area contributed by atoms with Gasteiger partial charge in [0.05, 0.1) is 0 Å². The van der Waals surface area contributed by atoms with Crippen LogP contribution in [0.2, 0.25) is 0 Å². The zero-order valence-corrected chi connectivity index (χ0v) is 11.8. The molecule has 0 aliphatic rings. The maximum Gasteiger partial charge on any atom is 0.349 e. The van der Waals surface area contributed by atoms with Gasteiger partial charge in [-0.1, -0.05) is 13.8 Å². The summed E-state index contributed by atoms with van der Waals surface area (Å²) in [5.41, 5.74) is 0.340. The molecule has 19 heavy (non-hydrogen) atoms. The van der Waals surface area contributed by atoms with Gasteiger partial charge in [-0.2, -0.15) is 5.10 Å². The number of aromatic nitrogens is 4. The van der Waals surface area contributed by atoms with Crippen LogP contribution in [0.4, 0.5) is 5.82 Å². The number of H-pyrrole nitrogens is 1. The summed E-state index contributed by atoms with van der Waals surface area (Å²) in [7, 11) is 1.98. The number of aryl methyl sites for hydroxylation is 1. The summed E-state index contributed by atoms with van der Waals surface area (Å²) in [6, 6.07) is 2.27. The van der Waals surface area contributed by atoms with E-state index in [0.29, 0.717) is 17.5 Å². The first-order valence-electron chi connectivity index (χ1n) is 6.38. The van der Waals surface area contributed by atoms with E-state index in [0.717, 1.165) is 18.9 Å². The Labute approximate surface area is 111 Å². The van der Waals surface area contributed by atoms with E-state index in [1.165, 1.54) is 4.40 Å². The van der Waals surface area contributed by atoms with E-state index in [1.807, 2.05) is 11.9 Å². The summed E-state index contributed by atoms with van der Waals surface area (Å²) >= 11 is 0. The molecule has 2 aromatic heterocycles. The first-order chi connectivity index (χ1) is 8.99. The molecule has 2 N–H and O–H groups in total. The van der Waals surface area contributed by atoms with Crippen molar-refractivity contribution in [2.24, 2.45) is 0 Å². The fourth-order valence-corrected chi connectivity index (χ4v) is 1.91. The highest BCUT2D eigenvalue weighted by molar-refractivity contribution is 5.50. The van der Waals surface area contributed by atoms with Gasteiger partial charge in [0.25, 0.3) is 0 Å². The van der Waals surface area contributed by atoms with E-state index >= 15 is 0 Å². The van der Waals surface area contributed by atoms with Gasteiger partial charge in [0, 0.05) is 32.2 Å². The molecule has 0 bridgehead atoms. The van der Waals surface area contributed by atoms with Crippen LogP contribution >= 0.6 is 0 Å². The molecule has 104 valence electrons. The third kappa shape index (κ3) is 2.93. The lowest BCUT2D eigenvalue weighted by Crippen LogP contribution is -2.33. The van der Waals surface area contributed by atoms with Crippen LogP contribution in [0.1, 0.15) is 19.7 Å². The molecule has 0 radical (unpaired) electrons. The molecule has 7 nitrogen and oxygen atoms in total. The highest BCUT2D eigenvalue weighted by Gasteiger charge is 2.09. The number of rotatable bonds is 5. The van der Waals surface area contributed by atoms with Crippen LogP contribution in [0.15, 0.2) is 10.9 Å². The van der Waals surface area contributed by atoms with Crippen molar-refractivity contribution in [2.75, 3.05) is 25.0 Å². The zero-order chi connectivity index (χ0) is 14.0. The summed E-state index contributed by atoms with van der Waals surface area (Å²) in [5, 5.41) is 9.76. The Morgan fingerprint density at radius 3 is 2.95 bits per heavy atom. The van der Waals surface area contributed by atoms with Crippen LogP contribution in [-0.2, 0) is 0 Å². The molecule has 0 spiro atoms. The number of anilines is 1. The number of fused-ring (bicyclic) bond motifs is 1. The van der Waals surface area contributed by atoms with Crippen LogP contribution in [-0.4, -0.2) is 45.8 Å². The number of hydrogen-bond acceptors (Lipinski definition) is 5. The smallest absolute Gasteiger partial charge is 0.349 e. The van der Waals surface area contributed by atoms with Crippen molar-refractivity contribution >= 4 is 11.5 Å². The lowest BCUT2D eigenvalue weighted by Gasteiger charge is -2.19. The van der Waals surface area contributed by atoms with Crippen molar-refractivity contribution in [3.05, 3.63) is 22.4 Å². The van der Waals surface area contributed by atoms with Gasteiger partial charge < -0.3 is 10.2 Å². The van der Waals surface area contributed by atoms with E-state index < -0.39 is 0 Å². The van der Waals surface area contributed by atoms with Gasteiger partial charge in [0.1, 0.15) is 11.6 Å². The van der Waals surface area contributed by atoms with E-state index in [4.69, 9.17) is 0 Å². The maximum atomic E-state index is 11.5. The van der Waals surface area contributed by atoms with Gasteiger partial charge in [0.15, 0.2) is 5.65 Å². The molecule has 0 unspecified atom stereocenters. The zero-order valence-electron chi connectivity index (χ0n) is 11.8. The van der Waals surface area contributed by atoms with E-state index in [2.05, 4.69) is 34.3 Å². The second-order valence-corrected chi connectivity index (χ2v) is 4.91. The van der Waals surface area contributed by atoms with Crippen LogP contribution in [0.5, 0.6) is 0 Å². The molecule has 0 aromatic carbocycles. The summed E-state index contributed by atoms with van der Waals surface area (Å²) < 4.78 is 1.46. The van der Waals surface area contributed by atoms with Crippen LogP contribution in [0.25, 0.3) is 5.65 Å². The monoisotopic (exact) mass is 264 g/mol. The number of nitrogens with zero attached hydrogens (tertiary/aromatic N) is 4. The van der Waals surface area contributed by atoms with Crippen molar-refractivity contribution in [3.63, 3.8) is 0 Å². The minimum absolute atomic E-state index is 0.254. The maximum absolute atomic E-state index is 11.5. The first kappa shape index (κ1) is 13.5. The molecule has 0 saturated carbocycles. The molecule has 0 saturated heterocycles. The van der Waals surface area contributed by atoms with Crippen molar-refractivity contribution in [2.45, 2.75) is 26.8 Å². The third-order valence-corrected chi connectivity index (χ3v) is 2.95. The summed E-state index contributed by atoms with van der Waals surface area (Å²) in [5.74, 6) is 1.45. The second-order valence-electron chi connectivity index (χ2n) is 4.91. The minimum atomic E-state index is -0.254. The van der Waals surface area contributed by atoms with Crippen molar-refractivity contribution < 1.29 is 0 Å². The Kier molecular flexibility index (Phi) is 3.84. The molecule has 0 atom stereocenters. The fourth-order valence-electron chi connectivity index (χ4n) is 1.91. The topological polar surface area (TPSA) is 78.3 Å². The quantitative estimate of drug-likeness (QED) is 0.804. The van der Waals surface area contributed by atoms with Crippen molar-refractivity contribution in [1.82, 2.24) is 24.9 Å². The lowest BCUT2D eigenvalue weighted by molar-refractivity contribution is 0.588. The molecule has 2 rings (SSSR count). The first-order valence-corrected chi connectivity index (χ1v) is 6.38. The average Bonchev–Trinajstić information content (AvgIpc) is 2.70. The van der Waals surface area contributed by atoms with E-state index in [-0.39, 0.29) is 5.69 Å². The number of likely N-dealkylation sites (N-methyl/N-ethyl adjacent to an activating group) is 1. The van der Waals surface area contributed by atoms with Crippen LogP contribution in [0, 0.1) is 6.92 Å². The van der Waals surface area contributed by atoms with Gasteiger partial charge in [-0.15, -0.1) is 0 Å². The molecular weight excluding hydrogens is 244 g/mol. The highest BCUT2D eigenvalue weighted by Crippen LogP contribution is 2.11. The Balaban J connectivity index is 2.18. The normalized spacial score (nSPS) is 11.4. The Hall–Kier alpha value is -1.89. The van der Waals surface area contributed by atoms with Crippen molar-refractivity contribution in [3.8, 4) is 0 Å². The Bertz CT molecular complexity index is 614. The number of nitrogens with one attached hydrogen (secondary N) is 2. The standard InChI is InChI=1S/C12H20N6O/c1-8(2)13-5-6-17(4)10-7-11-15-16-12(19)18(11)9(3)14-10/h7-8,13H,5-6H2,1-4H3,(H,16,19). The fraction of sp³-hybridized carbons (Fsp3) is 0.583. The average molecular weight is 264 g/mol. The van der Waals surface area contributed by atoms with Gasteiger partial charge in [-0.05, 0) is 6.92 Å². The lowest BCUT2D eigenvalue weighted by atomic mass is 10.4. The van der Waals surface area contributed by atoms with Crippen LogP contribution in [0.3, 0.4) is 0 Å². The molecule has 7 heteroatoms. The third-order valence-electron chi connectivity index (χ3n) is 2.95. The van der Waals surface area contributed by atoms with Crippen LogP contribution < -0.4 is 15.9 Å². The number of hydrogen-bond donors (Lipinski definition) is 2.